The number of alkyl carbamates (subject to hydrolysis) is 1. The molecule has 0 spiro atoms. The first-order chi connectivity index (χ1) is 10.8. The lowest BCUT2D eigenvalue weighted by Crippen LogP contribution is -2.32. The summed E-state index contributed by atoms with van der Waals surface area (Å²) >= 11 is 0. The van der Waals surface area contributed by atoms with Gasteiger partial charge < -0.3 is 20.7 Å². The molecule has 23 heavy (non-hydrogen) atoms. The summed E-state index contributed by atoms with van der Waals surface area (Å²) in [4.78, 5) is 18.2. The minimum atomic E-state index is -0.488. The zero-order valence-corrected chi connectivity index (χ0v) is 14.8. The maximum atomic E-state index is 11.6. The second-order valence-corrected chi connectivity index (χ2v) is 6.71. The van der Waals surface area contributed by atoms with Crippen LogP contribution in [0.15, 0.2) is 18.3 Å². The van der Waals surface area contributed by atoms with Crippen LogP contribution in [0.25, 0.3) is 0 Å². The van der Waals surface area contributed by atoms with Gasteiger partial charge in [0, 0.05) is 19.3 Å². The van der Waals surface area contributed by atoms with Crippen molar-refractivity contribution in [2.75, 3.05) is 26.7 Å². The maximum absolute atomic E-state index is 11.6. The first-order valence-corrected chi connectivity index (χ1v) is 8.09. The van der Waals surface area contributed by atoms with Crippen LogP contribution < -0.4 is 11.1 Å². The number of nitrogens with one attached hydrogen (secondary N) is 1. The van der Waals surface area contributed by atoms with Gasteiger partial charge in [0.25, 0.3) is 0 Å². The Balaban J connectivity index is 2.32. The molecule has 0 radical (unpaired) electrons. The van der Waals surface area contributed by atoms with Crippen LogP contribution in [-0.2, 0) is 17.7 Å². The lowest BCUT2D eigenvalue weighted by molar-refractivity contribution is 0.0523. The molecular formula is C17H30N4O2. The van der Waals surface area contributed by atoms with Crippen molar-refractivity contribution in [3.8, 4) is 0 Å². The highest BCUT2D eigenvalue weighted by Crippen LogP contribution is 2.07. The van der Waals surface area contributed by atoms with Crippen molar-refractivity contribution >= 4 is 6.09 Å². The number of rotatable bonds is 8. The molecule has 6 heteroatoms. The van der Waals surface area contributed by atoms with E-state index in [0.29, 0.717) is 13.1 Å². The molecule has 1 amide bonds. The van der Waals surface area contributed by atoms with Gasteiger partial charge >= 0.3 is 6.09 Å². The highest BCUT2D eigenvalue weighted by molar-refractivity contribution is 5.67. The van der Waals surface area contributed by atoms with E-state index in [9.17, 15) is 4.79 Å². The molecule has 0 fully saturated rings. The largest absolute Gasteiger partial charge is 0.444 e. The summed E-state index contributed by atoms with van der Waals surface area (Å²) in [6.07, 6.45) is 3.51. The fourth-order valence-corrected chi connectivity index (χ4v) is 2.07. The van der Waals surface area contributed by atoms with E-state index >= 15 is 0 Å². The van der Waals surface area contributed by atoms with Gasteiger partial charge in [-0.05, 0) is 58.8 Å². The van der Waals surface area contributed by atoms with Crippen LogP contribution in [0.1, 0.15) is 38.4 Å². The minimum Gasteiger partial charge on any atom is -0.444 e. The molecule has 0 aliphatic carbocycles. The SMILES string of the molecule is CN(CCN)CCCc1ccc(CNC(=O)OC(C)(C)C)nc1. The summed E-state index contributed by atoms with van der Waals surface area (Å²) < 4.78 is 5.19. The van der Waals surface area contributed by atoms with Crippen molar-refractivity contribution in [3.05, 3.63) is 29.6 Å². The van der Waals surface area contributed by atoms with Gasteiger partial charge in [0.15, 0.2) is 0 Å². The maximum Gasteiger partial charge on any atom is 0.407 e. The fourth-order valence-electron chi connectivity index (χ4n) is 2.07. The summed E-state index contributed by atoms with van der Waals surface area (Å²) in [5.74, 6) is 0. The van der Waals surface area contributed by atoms with Crippen LogP contribution >= 0.6 is 0 Å². The number of pyridine rings is 1. The zero-order valence-electron chi connectivity index (χ0n) is 14.8. The number of amides is 1. The predicted octanol–water partition coefficient (Wildman–Crippen LogP) is 1.93. The van der Waals surface area contributed by atoms with Gasteiger partial charge in [-0.15, -0.1) is 0 Å². The molecule has 1 aromatic heterocycles. The molecule has 1 rings (SSSR count). The molecule has 130 valence electrons. The molecule has 0 aliphatic rings. The smallest absolute Gasteiger partial charge is 0.407 e. The number of nitrogens with zero attached hydrogens (tertiary/aromatic N) is 2. The number of carbonyl (C=O) groups is 1. The number of aromatic nitrogens is 1. The molecule has 0 saturated heterocycles. The lowest BCUT2D eigenvalue weighted by atomic mass is 10.1. The summed E-state index contributed by atoms with van der Waals surface area (Å²) in [6, 6.07) is 4.00. The highest BCUT2D eigenvalue weighted by atomic mass is 16.6. The van der Waals surface area contributed by atoms with Crippen LogP contribution in [0.5, 0.6) is 0 Å². The minimum absolute atomic E-state index is 0.369. The van der Waals surface area contributed by atoms with Crippen molar-refractivity contribution in [2.45, 2.75) is 45.8 Å². The fraction of sp³-hybridized carbons (Fsp3) is 0.647. The Labute approximate surface area is 139 Å². The van der Waals surface area contributed by atoms with Gasteiger partial charge in [0.1, 0.15) is 5.60 Å². The normalized spacial score (nSPS) is 11.6. The van der Waals surface area contributed by atoms with Crippen LogP contribution in [0.4, 0.5) is 4.79 Å². The van der Waals surface area contributed by atoms with Crippen molar-refractivity contribution in [3.63, 3.8) is 0 Å². The van der Waals surface area contributed by atoms with Crippen molar-refractivity contribution < 1.29 is 9.53 Å². The van der Waals surface area contributed by atoms with Gasteiger partial charge in [-0.1, -0.05) is 6.07 Å². The van der Waals surface area contributed by atoms with Crippen LogP contribution in [0.2, 0.25) is 0 Å². The molecule has 1 aromatic rings. The molecule has 0 bridgehead atoms. The standard InChI is InChI=1S/C17H30N4O2/c1-17(2,3)23-16(22)20-13-15-8-7-14(12-19-15)6-5-10-21(4)11-9-18/h7-8,12H,5-6,9-11,13,18H2,1-4H3,(H,20,22). The highest BCUT2D eigenvalue weighted by Gasteiger charge is 2.15. The number of hydrogen-bond donors (Lipinski definition) is 2. The predicted molar refractivity (Wildman–Crippen MR) is 92.2 cm³/mol. The summed E-state index contributed by atoms with van der Waals surface area (Å²) in [6.45, 7) is 8.53. The molecule has 0 atom stereocenters. The number of ether oxygens (including phenoxy) is 1. The Morgan fingerprint density at radius 2 is 2.09 bits per heavy atom. The van der Waals surface area contributed by atoms with Crippen LogP contribution in [-0.4, -0.2) is 48.3 Å². The third-order valence-corrected chi connectivity index (χ3v) is 3.21. The Morgan fingerprint density at radius 1 is 1.35 bits per heavy atom. The van der Waals surface area contributed by atoms with Crippen molar-refractivity contribution in [1.29, 1.82) is 0 Å². The molecule has 1 heterocycles. The van der Waals surface area contributed by atoms with Crippen LogP contribution in [0.3, 0.4) is 0 Å². The molecule has 6 nitrogen and oxygen atoms in total. The van der Waals surface area contributed by atoms with E-state index in [0.717, 1.165) is 31.6 Å². The average molecular weight is 322 g/mol. The average Bonchev–Trinajstić information content (AvgIpc) is 2.45. The second-order valence-electron chi connectivity index (χ2n) is 6.71. The third kappa shape index (κ3) is 9.15. The number of nitrogens with two attached hydrogens (primary N) is 1. The lowest BCUT2D eigenvalue weighted by Gasteiger charge is -2.19. The van der Waals surface area contributed by atoms with Crippen LogP contribution in [0, 0.1) is 0 Å². The molecule has 0 aromatic carbocycles. The topological polar surface area (TPSA) is 80.5 Å². The first-order valence-electron chi connectivity index (χ1n) is 8.09. The molecule has 0 saturated carbocycles. The van der Waals surface area contributed by atoms with Crippen molar-refractivity contribution in [2.24, 2.45) is 5.73 Å². The number of aryl methyl sites for hydroxylation is 1. The van der Waals surface area contributed by atoms with Gasteiger partial charge in [0.2, 0.25) is 0 Å². The van der Waals surface area contributed by atoms with E-state index in [1.165, 1.54) is 5.56 Å². The molecule has 3 N–H and O–H groups in total. The van der Waals surface area contributed by atoms with E-state index in [1.807, 2.05) is 33.0 Å². The Bertz CT molecular complexity index is 468. The van der Waals surface area contributed by atoms with Gasteiger partial charge in [-0.2, -0.15) is 0 Å². The quantitative estimate of drug-likeness (QED) is 0.764. The number of likely N-dealkylation sites (N-methyl/N-ethyl adjacent to an activating group) is 1. The van der Waals surface area contributed by atoms with E-state index < -0.39 is 11.7 Å². The summed E-state index contributed by atoms with van der Waals surface area (Å²) in [5.41, 5.74) is 7.05. The van der Waals surface area contributed by atoms with Gasteiger partial charge in [-0.25, -0.2) is 4.79 Å². The number of carbonyl (C=O) groups excluding carboxylic acids is 1. The van der Waals surface area contributed by atoms with E-state index in [4.69, 9.17) is 10.5 Å². The van der Waals surface area contributed by atoms with E-state index in [2.05, 4.69) is 28.3 Å². The first kappa shape index (κ1) is 19.4. The monoisotopic (exact) mass is 322 g/mol. The van der Waals surface area contributed by atoms with E-state index in [1.54, 1.807) is 0 Å². The summed E-state index contributed by atoms with van der Waals surface area (Å²) in [5, 5.41) is 2.70. The van der Waals surface area contributed by atoms with Crippen molar-refractivity contribution in [1.82, 2.24) is 15.2 Å². The Kier molecular flexibility index (Phi) is 7.98. The van der Waals surface area contributed by atoms with E-state index in [-0.39, 0.29) is 0 Å². The Morgan fingerprint density at radius 3 is 2.65 bits per heavy atom. The summed E-state index contributed by atoms with van der Waals surface area (Å²) in [7, 11) is 2.08. The third-order valence-electron chi connectivity index (χ3n) is 3.21. The second kappa shape index (κ2) is 9.47. The zero-order chi connectivity index (χ0) is 17.3. The molecule has 0 unspecified atom stereocenters. The number of hydrogen-bond acceptors (Lipinski definition) is 5. The molecular weight excluding hydrogens is 292 g/mol. The molecule has 0 aliphatic heterocycles. The van der Waals surface area contributed by atoms with Gasteiger partial charge in [0.05, 0.1) is 12.2 Å². The van der Waals surface area contributed by atoms with Gasteiger partial charge in [-0.3, -0.25) is 4.98 Å². The Hall–Kier alpha value is -1.66.